The Labute approximate surface area is 198 Å². The van der Waals surface area contributed by atoms with Crippen LogP contribution in [0, 0.1) is 5.92 Å². The van der Waals surface area contributed by atoms with Gasteiger partial charge in [-0.15, -0.1) is 0 Å². The quantitative estimate of drug-likeness (QED) is 0.553. The van der Waals surface area contributed by atoms with Crippen molar-refractivity contribution in [3.8, 4) is 11.5 Å². The molecule has 0 aliphatic carbocycles. The second-order valence-electron chi connectivity index (χ2n) is 8.44. The monoisotopic (exact) mass is 502 g/mol. The van der Waals surface area contributed by atoms with E-state index in [4.69, 9.17) is 9.47 Å². The van der Waals surface area contributed by atoms with Crippen molar-refractivity contribution in [1.29, 1.82) is 0 Å². The van der Waals surface area contributed by atoms with Gasteiger partial charge in [0.15, 0.2) is 11.5 Å². The van der Waals surface area contributed by atoms with Gasteiger partial charge in [0.2, 0.25) is 11.8 Å². The molecule has 3 rings (SSSR count). The van der Waals surface area contributed by atoms with Crippen LogP contribution in [-0.2, 0) is 22.6 Å². The fraction of sp³-hybridized carbons (Fsp3) is 0.440. The molecule has 1 heterocycles. The Bertz CT molecular complexity index is 947. The van der Waals surface area contributed by atoms with Gasteiger partial charge in [-0.2, -0.15) is 0 Å². The summed E-state index contributed by atoms with van der Waals surface area (Å²) in [6.45, 7) is 7.90. The molecule has 1 aliphatic heterocycles. The highest BCUT2D eigenvalue weighted by Gasteiger charge is 2.26. The summed E-state index contributed by atoms with van der Waals surface area (Å²) in [5.41, 5.74) is 1.97. The molecule has 0 saturated carbocycles. The molecule has 0 unspecified atom stereocenters. The molecule has 1 atom stereocenters. The molecule has 2 aromatic rings. The van der Waals surface area contributed by atoms with Gasteiger partial charge in [-0.1, -0.05) is 48.0 Å². The van der Waals surface area contributed by atoms with Gasteiger partial charge in [-0.05, 0) is 54.7 Å². The number of hydrogen-bond acceptors (Lipinski definition) is 4. The average Bonchev–Trinajstić information content (AvgIpc) is 2.78. The van der Waals surface area contributed by atoms with Crippen LogP contribution in [0.2, 0.25) is 0 Å². The van der Waals surface area contributed by atoms with Gasteiger partial charge in [0.05, 0.1) is 0 Å². The van der Waals surface area contributed by atoms with E-state index >= 15 is 0 Å². The largest absolute Gasteiger partial charge is 0.486 e. The van der Waals surface area contributed by atoms with E-state index in [0.29, 0.717) is 50.8 Å². The minimum Gasteiger partial charge on any atom is -0.486 e. The molecular weight excluding hydrogens is 472 g/mol. The number of carbonyl (C=O) groups is 2. The first kappa shape index (κ1) is 24.1. The number of rotatable bonds is 9. The van der Waals surface area contributed by atoms with Crippen LogP contribution in [0.25, 0.3) is 0 Å². The van der Waals surface area contributed by atoms with Gasteiger partial charge in [0.25, 0.3) is 0 Å². The molecule has 1 N–H and O–H groups in total. The van der Waals surface area contributed by atoms with E-state index in [-0.39, 0.29) is 11.8 Å². The first-order valence-corrected chi connectivity index (χ1v) is 11.8. The second-order valence-corrected chi connectivity index (χ2v) is 9.36. The number of carbonyl (C=O) groups excluding carboxylic acids is 2. The Morgan fingerprint density at radius 1 is 1.03 bits per heavy atom. The maximum Gasteiger partial charge on any atom is 0.242 e. The summed E-state index contributed by atoms with van der Waals surface area (Å²) in [4.78, 5) is 27.7. The van der Waals surface area contributed by atoms with Crippen molar-refractivity contribution >= 4 is 27.7 Å². The van der Waals surface area contributed by atoms with Gasteiger partial charge in [-0.3, -0.25) is 9.59 Å². The number of nitrogens with zero attached hydrogens (tertiary/aromatic N) is 1. The number of hydrogen-bond donors (Lipinski definition) is 1. The molecule has 2 amide bonds. The van der Waals surface area contributed by atoms with Crippen molar-refractivity contribution in [2.75, 3.05) is 19.8 Å². The Morgan fingerprint density at radius 2 is 1.78 bits per heavy atom. The van der Waals surface area contributed by atoms with E-state index in [1.807, 2.05) is 56.3 Å². The van der Waals surface area contributed by atoms with E-state index < -0.39 is 6.04 Å². The standard InChI is InChI=1S/C25H31BrN2O4/c1-17(2)15-27-25(30)18(3)28(16-20-5-4-6-21(26)13-20)24(29)10-8-19-7-9-22-23(14-19)32-12-11-31-22/h4-7,9,13-14,17-18H,8,10-12,15-16H2,1-3H3,(H,27,30)/t18-/m0/s1. The van der Waals surface area contributed by atoms with Crippen LogP contribution in [0.1, 0.15) is 38.3 Å². The summed E-state index contributed by atoms with van der Waals surface area (Å²) >= 11 is 3.48. The molecule has 7 heteroatoms. The van der Waals surface area contributed by atoms with Crippen molar-refractivity contribution in [2.45, 2.75) is 46.2 Å². The van der Waals surface area contributed by atoms with Crippen molar-refractivity contribution < 1.29 is 19.1 Å². The fourth-order valence-electron chi connectivity index (χ4n) is 3.51. The molecule has 32 heavy (non-hydrogen) atoms. The maximum absolute atomic E-state index is 13.3. The van der Waals surface area contributed by atoms with Gasteiger partial charge < -0.3 is 19.7 Å². The van der Waals surface area contributed by atoms with Gasteiger partial charge in [-0.25, -0.2) is 0 Å². The molecule has 0 fully saturated rings. The number of nitrogens with one attached hydrogen (secondary N) is 1. The second kappa shape index (κ2) is 11.4. The molecular formula is C25H31BrN2O4. The average molecular weight is 503 g/mol. The molecule has 0 bridgehead atoms. The molecule has 0 saturated heterocycles. The lowest BCUT2D eigenvalue weighted by atomic mass is 10.1. The summed E-state index contributed by atoms with van der Waals surface area (Å²) in [6, 6.07) is 13.0. The van der Waals surface area contributed by atoms with E-state index in [9.17, 15) is 9.59 Å². The zero-order valence-electron chi connectivity index (χ0n) is 18.9. The highest BCUT2D eigenvalue weighted by Crippen LogP contribution is 2.31. The molecule has 0 radical (unpaired) electrons. The SMILES string of the molecule is CC(C)CNC(=O)[C@H](C)N(Cc1cccc(Br)c1)C(=O)CCc1ccc2c(c1)OCCO2. The zero-order valence-corrected chi connectivity index (χ0v) is 20.5. The first-order chi connectivity index (χ1) is 15.3. The van der Waals surface area contributed by atoms with Gasteiger partial charge in [0.1, 0.15) is 19.3 Å². The Kier molecular flexibility index (Phi) is 8.56. The summed E-state index contributed by atoms with van der Waals surface area (Å²) < 4.78 is 12.2. The Morgan fingerprint density at radius 3 is 2.50 bits per heavy atom. The maximum atomic E-state index is 13.3. The van der Waals surface area contributed by atoms with Crippen molar-refractivity contribution in [1.82, 2.24) is 10.2 Å². The van der Waals surface area contributed by atoms with E-state index in [0.717, 1.165) is 21.3 Å². The fourth-order valence-corrected chi connectivity index (χ4v) is 3.95. The summed E-state index contributed by atoms with van der Waals surface area (Å²) in [5, 5.41) is 2.95. The highest BCUT2D eigenvalue weighted by molar-refractivity contribution is 9.10. The third-order valence-corrected chi connectivity index (χ3v) is 5.82. The Hall–Kier alpha value is -2.54. The third kappa shape index (κ3) is 6.73. The molecule has 0 spiro atoms. The van der Waals surface area contributed by atoms with Crippen LogP contribution in [-0.4, -0.2) is 42.5 Å². The number of halogens is 1. The lowest BCUT2D eigenvalue weighted by Crippen LogP contribution is -2.48. The lowest BCUT2D eigenvalue weighted by molar-refractivity contribution is -0.140. The van der Waals surface area contributed by atoms with Crippen LogP contribution < -0.4 is 14.8 Å². The molecule has 2 aromatic carbocycles. The van der Waals surface area contributed by atoms with E-state index in [1.165, 1.54) is 0 Å². The van der Waals surface area contributed by atoms with Crippen LogP contribution in [0.15, 0.2) is 46.9 Å². The predicted molar refractivity (Wildman–Crippen MR) is 128 cm³/mol. The first-order valence-electron chi connectivity index (χ1n) is 11.0. The highest BCUT2D eigenvalue weighted by atomic mass is 79.9. The molecule has 0 aromatic heterocycles. The smallest absolute Gasteiger partial charge is 0.242 e. The molecule has 172 valence electrons. The molecule has 6 nitrogen and oxygen atoms in total. The van der Waals surface area contributed by atoms with Gasteiger partial charge >= 0.3 is 0 Å². The molecule has 1 aliphatic rings. The normalized spacial score (nSPS) is 13.5. The van der Waals surface area contributed by atoms with Crippen molar-refractivity contribution in [3.05, 3.63) is 58.1 Å². The number of fused-ring (bicyclic) bond motifs is 1. The lowest BCUT2D eigenvalue weighted by Gasteiger charge is -2.29. The van der Waals surface area contributed by atoms with Crippen LogP contribution in [0.3, 0.4) is 0 Å². The van der Waals surface area contributed by atoms with Crippen LogP contribution in [0.4, 0.5) is 0 Å². The minimum atomic E-state index is -0.569. The number of ether oxygens (including phenoxy) is 2. The third-order valence-electron chi connectivity index (χ3n) is 5.33. The van der Waals surface area contributed by atoms with Crippen molar-refractivity contribution in [3.63, 3.8) is 0 Å². The number of benzene rings is 2. The topological polar surface area (TPSA) is 67.9 Å². The van der Waals surface area contributed by atoms with Crippen LogP contribution in [0.5, 0.6) is 11.5 Å². The summed E-state index contributed by atoms with van der Waals surface area (Å²) in [7, 11) is 0. The Balaban J connectivity index is 1.70. The minimum absolute atomic E-state index is 0.0629. The number of amides is 2. The summed E-state index contributed by atoms with van der Waals surface area (Å²) in [5.74, 6) is 1.59. The van der Waals surface area contributed by atoms with E-state index in [2.05, 4.69) is 21.2 Å². The van der Waals surface area contributed by atoms with Gasteiger partial charge in [0, 0.05) is 24.0 Å². The van der Waals surface area contributed by atoms with E-state index in [1.54, 1.807) is 11.8 Å². The van der Waals surface area contributed by atoms with Crippen molar-refractivity contribution in [2.24, 2.45) is 5.92 Å². The predicted octanol–water partition coefficient (Wildman–Crippen LogP) is 4.34. The van der Waals surface area contributed by atoms with Crippen LogP contribution >= 0.6 is 15.9 Å². The number of aryl methyl sites for hydroxylation is 1. The zero-order chi connectivity index (χ0) is 23.1. The summed E-state index contributed by atoms with van der Waals surface area (Å²) in [6.07, 6.45) is 0.861.